The van der Waals surface area contributed by atoms with Crippen LogP contribution in [0, 0.1) is 11.3 Å². The van der Waals surface area contributed by atoms with Crippen LogP contribution in [0.2, 0.25) is 0 Å². The molecule has 0 saturated carbocycles. The minimum Gasteiger partial charge on any atom is -0.328 e. The maximum absolute atomic E-state index is 12.7. The molecule has 0 aliphatic heterocycles. The average molecular weight is 471 g/mol. The fourth-order valence-corrected chi connectivity index (χ4v) is 4.60. The van der Waals surface area contributed by atoms with E-state index in [0.717, 1.165) is 5.52 Å². The fraction of sp³-hybridized carbons (Fsp3) is 0.435. The highest BCUT2D eigenvalue weighted by Gasteiger charge is 2.21. The first-order valence-corrected chi connectivity index (χ1v) is 12.2. The zero-order valence-electron chi connectivity index (χ0n) is 19.9. The van der Waals surface area contributed by atoms with Crippen LogP contribution in [-0.2, 0) is 33.3 Å². The number of benzene rings is 1. The van der Waals surface area contributed by atoms with Crippen molar-refractivity contribution in [2.45, 2.75) is 57.5 Å². The van der Waals surface area contributed by atoms with Gasteiger partial charge in [-0.2, -0.15) is 5.26 Å². The van der Waals surface area contributed by atoms with Crippen molar-refractivity contribution < 1.29 is 13.2 Å². The quantitative estimate of drug-likeness (QED) is 0.569. The predicted molar refractivity (Wildman–Crippen MR) is 127 cm³/mol. The van der Waals surface area contributed by atoms with E-state index in [1.807, 2.05) is 36.8 Å². The van der Waals surface area contributed by atoms with Crippen molar-refractivity contribution in [1.82, 2.24) is 18.4 Å². The SMILES string of the molecule is CCn1c(CCC(=O)Nc2cc(C#N)cn2C(C)(C)C)nc2cc(S(=O)(=O)N(C)C)ccc21. The summed E-state index contributed by atoms with van der Waals surface area (Å²) in [5.41, 5.74) is 1.59. The number of aryl methyl sites for hydroxylation is 2. The van der Waals surface area contributed by atoms with Gasteiger partial charge >= 0.3 is 0 Å². The number of fused-ring (bicyclic) bond motifs is 1. The number of carbonyl (C=O) groups excluding carboxylic acids is 1. The molecule has 2 aromatic heterocycles. The van der Waals surface area contributed by atoms with Gasteiger partial charge in [-0.3, -0.25) is 4.79 Å². The number of amides is 1. The van der Waals surface area contributed by atoms with Gasteiger partial charge in [0.05, 0.1) is 21.5 Å². The molecule has 0 aliphatic carbocycles. The van der Waals surface area contributed by atoms with Crippen LogP contribution in [-0.4, -0.2) is 46.8 Å². The highest BCUT2D eigenvalue weighted by Crippen LogP contribution is 2.25. The number of imidazole rings is 1. The lowest BCUT2D eigenvalue weighted by molar-refractivity contribution is -0.116. The van der Waals surface area contributed by atoms with E-state index in [1.54, 1.807) is 30.5 Å². The lowest BCUT2D eigenvalue weighted by atomic mass is 10.1. The first-order chi connectivity index (χ1) is 15.4. The van der Waals surface area contributed by atoms with Gasteiger partial charge in [0.2, 0.25) is 15.9 Å². The van der Waals surface area contributed by atoms with Crippen molar-refractivity contribution in [2.75, 3.05) is 19.4 Å². The molecule has 33 heavy (non-hydrogen) atoms. The second-order valence-corrected chi connectivity index (χ2v) is 11.2. The number of sulfonamides is 1. The number of rotatable bonds is 7. The number of anilines is 1. The molecule has 0 saturated heterocycles. The van der Waals surface area contributed by atoms with Gasteiger partial charge in [0, 0.05) is 45.2 Å². The Labute approximate surface area is 194 Å². The number of aromatic nitrogens is 3. The van der Waals surface area contributed by atoms with E-state index in [2.05, 4.69) is 16.4 Å². The molecule has 1 N–H and O–H groups in total. The second-order valence-electron chi connectivity index (χ2n) is 9.03. The molecule has 0 fully saturated rings. The van der Waals surface area contributed by atoms with Crippen LogP contribution in [0.5, 0.6) is 0 Å². The van der Waals surface area contributed by atoms with Gasteiger partial charge < -0.3 is 14.5 Å². The molecule has 0 atom stereocenters. The van der Waals surface area contributed by atoms with Crippen LogP contribution >= 0.6 is 0 Å². The molecular weight excluding hydrogens is 440 g/mol. The van der Waals surface area contributed by atoms with E-state index in [4.69, 9.17) is 0 Å². The van der Waals surface area contributed by atoms with Crippen LogP contribution in [0.25, 0.3) is 11.0 Å². The van der Waals surface area contributed by atoms with Crippen LogP contribution in [0.15, 0.2) is 35.4 Å². The number of nitrogens with zero attached hydrogens (tertiary/aromatic N) is 5. The Balaban J connectivity index is 1.82. The van der Waals surface area contributed by atoms with Gasteiger partial charge in [0.25, 0.3) is 0 Å². The highest BCUT2D eigenvalue weighted by molar-refractivity contribution is 7.89. The zero-order chi connectivity index (χ0) is 24.6. The Hall–Kier alpha value is -3.16. The minimum atomic E-state index is -3.56. The van der Waals surface area contributed by atoms with Crippen molar-refractivity contribution in [3.8, 4) is 6.07 Å². The van der Waals surface area contributed by atoms with E-state index in [0.29, 0.717) is 35.7 Å². The molecule has 0 spiro atoms. The van der Waals surface area contributed by atoms with Gasteiger partial charge in [-0.15, -0.1) is 0 Å². The normalized spacial score (nSPS) is 12.3. The molecule has 2 heterocycles. The Morgan fingerprint density at radius 3 is 2.52 bits per heavy atom. The van der Waals surface area contributed by atoms with Crippen LogP contribution in [0.1, 0.15) is 45.5 Å². The third-order valence-corrected chi connectivity index (χ3v) is 7.22. The topological polar surface area (TPSA) is 113 Å². The van der Waals surface area contributed by atoms with Crippen molar-refractivity contribution >= 4 is 32.8 Å². The molecule has 10 heteroatoms. The summed E-state index contributed by atoms with van der Waals surface area (Å²) < 4.78 is 30.0. The maximum Gasteiger partial charge on any atom is 0.242 e. The van der Waals surface area contributed by atoms with E-state index in [1.165, 1.54) is 18.4 Å². The van der Waals surface area contributed by atoms with Gasteiger partial charge in [-0.25, -0.2) is 17.7 Å². The van der Waals surface area contributed by atoms with Crippen molar-refractivity contribution in [1.29, 1.82) is 5.26 Å². The number of hydrogen-bond acceptors (Lipinski definition) is 5. The lowest BCUT2D eigenvalue weighted by Crippen LogP contribution is -2.25. The van der Waals surface area contributed by atoms with E-state index in [-0.39, 0.29) is 22.8 Å². The molecule has 0 radical (unpaired) electrons. The van der Waals surface area contributed by atoms with Gasteiger partial charge in [0.15, 0.2) is 0 Å². The molecular formula is C23H30N6O3S. The Morgan fingerprint density at radius 2 is 1.94 bits per heavy atom. The summed E-state index contributed by atoms with van der Waals surface area (Å²) in [4.78, 5) is 17.5. The summed E-state index contributed by atoms with van der Waals surface area (Å²) in [6.45, 7) is 8.62. The summed E-state index contributed by atoms with van der Waals surface area (Å²) in [5, 5.41) is 12.1. The summed E-state index contributed by atoms with van der Waals surface area (Å²) in [7, 11) is -0.581. The monoisotopic (exact) mass is 470 g/mol. The van der Waals surface area contributed by atoms with Crippen molar-refractivity contribution in [3.05, 3.63) is 41.9 Å². The van der Waals surface area contributed by atoms with Crippen molar-refractivity contribution in [2.24, 2.45) is 0 Å². The smallest absolute Gasteiger partial charge is 0.242 e. The van der Waals surface area contributed by atoms with E-state index < -0.39 is 10.0 Å². The zero-order valence-corrected chi connectivity index (χ0v) is 20.7. The second kappa shape index (κ2) is 9.00. The van der Waals surface area contributed by atoms with Gasteiger partial charge in [0.1, 0.15) is 17.7 Å². The summed E-state index contributed by atoms with van der Waals surface area (Å²) >= 11 is 0. The van der Waals surface area contributed by atoms with Crippen LogP contribution in [0.4, 0.5) is 5.82 Å². The maximum atomic E-state index is 12.7. The average Bonchev–Trinajstić information content (AvgIpc) is 3.31. The first kappa shape index (κ1) is 24.5. The molecule has 0 aliphatic rings. The summed E-state index contributed by atoms with van der Waals surface area (Å²) in [6.07, 6.45) is 2.32. The summed E-state index contributed by atoms with van der Waals surface area (Å²) in [6, 6.07) is 8.68. The molecule has 1 aromatic carbocycles. The minimum absolute atomic E-state index is 0.182. The van der Waals surface area contributed by atoms with Gasteiger partial charge in [-0.05, 0) is 52.0 Å². The molecule has 1 amide bonds. The standard InChI is InChI=1S/C23H30N6O3S/c1-7-28-19-9-8-17(33(31,32)27(5)6)13-18(19)25-20(28)10-11-22(30)26-21-12-16(14-24)15-29(21)23(2,3)4/h8-9,12-13,15H,7,10-11H2,1-6H3,(H,26,30). The molecule has 3 rings (SSSR count). The van der Waals surface area contributed by atoms with Crippen LogP contribution in [0.3, 0.4) is 0 Å². The van der Waals surface area contributed by atoms with Crippen LogP contribution < -0.4 is 5.32 Å². The molecule has 0 unspecified atom stereocenters. The van der Waals surface area contributed by atoms with Crippen molar-refractivity contribution in [3.63, 3.8) is 0 Å². The number of carbonyl (C=O) groups is 1. The van der Waals surface area contributed by atoms with Gasteiger partial charge in [-0.1, -0.05) is 0 Å². The predicted octanol–water partition coefficient (Wildman–Crippen LogP) is 3.31. The first-order valence-electron chi connectivity index (χ1n) is 10.7. The number of nitrogens with one attached hydrogen (secondary N) is 1. The van der Waals surface area contributed by atoms with E-state index >= 15 is 0 Å². The third-order valence-electron chi connectivity index (χ3n) is 5.41. The third kappa shape index (κ3) is 4.94. The molecule has 9 nitrogen and oxygen atoms in total. The largest absolute Gasteiger partial charge is 0.328 e. The highest BCUT2D eigenvalue weighted by atomic mass is 32.2. The molecule has 0 bridgehead atoms. The Kier molecular flexibility index (Phi) is 6.68. The Morgan fingerprint density at radius 1 is 1.24 bits per heavy atom. The van der Waals surface area contributed by atoms with E-state index in [9.17, 15) is 18.5 Å². The number of nitriles is 1. The Bertz CT molecular complexity index is 1340. The molecule has 176 valence electrons. The summed E-state index contributed by atoms with van der Waals surface area (Å²) in [5.74, 6) is 1.10. The molecule has 3 aromatic rings. The fourth-order valence-electron chi connectivity index (χ4n) is 3.68. The lowest BCUT2D eigenvalue weighted by Gasteiger charge is -2.24. The number of hydrogen-bond donors (Lipinski definition) is 1.